The van der Waals surface area contributed by atoms with Gasteiger partial charge in [-0.3, -0.25) is 4.99 Å². The Kier molecular flexibility index (Phi) is 4.97. The zero-order valence-corrected chi connectivity index (χ0v) is 12.1. The lowest BCUT2D eigenvalue weighted by atomic mass is 10.2. The summed E-state index contributed by atoms with van der Waals surface area (Å²) in [4.78, 5) is 4.50. The zero-order valence-electron chi connectivity index (χ0n) is 11.3. The molecule has 0 aromatic heterocycles. The van der Waals surface area contributed by atoms with E-state index < -0.39 is 0 Å². The normalized spacial score (nSPS) is 10.7. The molecule has 0 aliphatic rings. The average molecular weight is 286 g/mol. The number of para-hydroxylation sites is 1. The molecule has 2 nitrogen and oxygen atoms in total. The van der Waals surface area contributed by atoms with Crippen molar-refractivity contribution in [1.29, 1.82) is 0 Å². The van der Waals surface area contributed by atoms with E-state index in [1.165, 1.54) is 0 Å². The number of hydrogen-bond donors (Lipinski definition) is 0. The molecule has 2 aromatic rings. The summed E-state index contributed by atoms with van der Waals surface area (Å²) in [6.07, 6.45) is 3.48. The highest BCUT2D eigenvalue weighted by molar-refractivity contribution is 6.30. The fourth-order valence-corrected chi connectivity index (χ4v) is 1.93. The van der Waals surface area contributed by atoms with Crippen LogP contribution in [0.5, 0.6) is 5.75 Å². The van der Waals surface area contributed by atoms with Crippen molar-refractivity contribution in [2.75, 3.05) is 6.61 Å². The SMILES string of the molecule is C=CCOc1ccc(Cl)cc1C=Nc1ccccc1C. The van der Waals surface area contributed by atoms with E-state index in [1.807, 2.05) is 43.3 Å². The van der Waals surface area contributed by atoms with E-state index in [-0.39, 0.29) is 0 Å². The quantitative estimate of drug-likeness (QED) is 0.562. The summed E-state index contributed by atoms with van der Waals surface area (Å²) in [6.45, 7) is 6.12. The summed E-state index contributed by atoms with van der Waals surface area (Å²) >= 11 is 6.03. The smallest absolute Gasteiger partial charge is 0.128 e. The maximum Gasteiger partial charge on any atom is 0.128 e. The Labute approximate surface area is 124 Å². The van der Waals surface area contributed by atoms with Crippen molar-refractivity contribution in [2.24, 2.45) is 4.99 Å². The predicted molar refractivity (Wildman–Crippen MR) is 85.6 cm³/mol. The van der Waals surface area contributed by atoms with E-state index in [9.17, 15) is 0 Å². The van der Waals surface area contributed by atoms with Gasteiger partial charge in [0.05, 0.1) is 5.69 Å². The van der Waals surface area contributed by atoms with Crippen LogP contribution in [0.1, 0.15) is 11.1 Å². The molecule has 0 N–H and O–H groups in total. The van der Waals surface area contributed by atoms with Gasteiger partial charge in [0, 0.05) is 16.8 Å². The van der Waals surface area contributed by atoms with Crippen molar-refractivity contribution < 1.29 is 4.74 Å². The fraction of sp³-hybridized carbons (Fsp3) is 0.118. The Hall–Kier alpha value is -2.06. The molecular formula is C17H16ClNO. The van der Waals surface area contributed by atoms with Gasteiger partial charge in [0.2, 0.25) is 0 Å². The molecule has 20 heavy (non-hydrogen) atoms. The van der Waals surface area contributed by atoms with Crippen molar-refractivity contribution in [3.63, 3.8) is 0 Å². The summed E-state index contributed by atoms with van der Waals surface area (Å²) in [5.74, 6) is 0.742. The van der Waals surface area contributed by atoms with E-state index in [1.54, 1.807) is 18.4 Å². The number of rotatable bonds is 5. The van der Waals surface area contributed by atoms with Gasteiger partial charge in [0.25, 0.3) is 0 Å². The molecule has 0 heterocycles. The van der Waals surface area contributed by atoms with Gasteiger partial charge in [0.1, 0.15) is 12.4 Å². The van der Waals surface area contributed by atoms with Crippen LogP contribution >= 0.6 is 11.6 Å². The van der Waals surface area contributed by atoms with Crippen LogP contribution in [0.15, 0.2) is 60.1 Å². The predicted octanol–water partition coefficient (Wildman–Crippen LogP) is 4.96. The van der Waals surface area contributed by atoms with Crippen LogP contribution in [-0.2, 0) is 0 Å². The van der Waals surface area contributed by atoms with Gasteiger partial charge < -0.3 is 4.74 Å². The van der Waals surface area contributed by atoms with Crippen molar-refractivity contribution in [3.8, 4) is 5.75 Å². The van der Waals surface area contributed by atoms with Crippen molar-refractivity contribution in [3.05, 3.63) is 71.3 Å². The van der Waals surface area contributed by atoms with E-state index >= 15 is 0 Å². The first-order chi connectivity index (χ1) is 9.70. The third kappa shape index (κ3) is 3.72. The van der Waals surface area contributed by atoms with Crippen LogP contribution in [0, 0.1) is 6.92 Å². The third-order valence-corrected chi connectivity index (χ3v) is 3.02. The van der Waals surface area contributed by atoms with Crippen LogP contribution < -0.4 is 4.74 Å². The Morgan fingerprint density at radius 1 is 1.25 bits per heavy atom. The molecule has 0 saturated heterocycles. The minimum atomic E-state index is 0.451. The molecule has 2 rings (SSSR count). The minimum absolute atomic E-state index is 0.451. The van der Waals surface area contributed by atoms with Gasteiger partial charge in [-0.15, -0.1) is 0 Å². The zero-order chi connectivity index (χ0) is 14.4. The molecule has 2 aromatic carbocycles. The number of nitrogens with zero attached hydrogens (tertiary/aromatic N) is 1. The van der Waals surface area contributed by atoms with Crippen molar-refractivity contribution in [2.45, 2.75) is 6.92 Å². The van der Waals surface area contributed by atoms with Gasteiger partial charge in [-0.25, -0.2) is 0 Å². The number of aliphatic imine (C=N–C) groups is 1. The van der Waals surface area contributed by atoms with Gasteiger partial charge in [-0.1, -0.05) is 42.5 Å². The summed E-state index contributed by atoms with van der Waals surface area (Å²) < 4.78 is 5.59. The van der Waals surface area contributed by atoms with Crippen LogP contribution in [0.25, 0.3) is 0 Å². The van der Waals surface area contributed by atoms with Crippen LogP contribution in [-0.4, -0.2) is 12.8 Å². The molecule has 0 bridgehead atoms. The summed E-state index contributed by atoms with van der Waals surface area (Å²) in [6, 6.07) is 13.4. The van der Waals surface area contributed by atoms with Gasteiger partial charge in [-0.05, 0) is 36.8 Å². The Morgan fingerprint density at radius 2 is 2.05 bits per heavy atom. The first-order valence-corrected chi connectivity index (χ1v) is 6.71. The summed E-state index contributed by atoms with van der Waals surface area (Å²) in [5.41, 5.74) is 2.91. The highest BCUT2D eigenvalue weighted by atomic mass is 35.5. The maximum atomic E-state index is 6.03. The number of halogens is 1. The first-order valence-electron chi connectivity index (χ1n) is 6.33. The highest BCUT2D eigenvalue weighted by Gasteiger charge is 2.02. The monoisotopic (exact) mass is 285 g/mol. The molecular weight excluding hydrogens is 270 g/mol. The molecule has 0 atom stereocenters. The lowest BCUT2D eigenvalue weighted by Crippen LogP contribution is -1.96. The van der Waals surface area contributed by atoms with Gasteiger partial charge in [-0.2, -0.15) is 0 Å². The van der Waals surface area contributed by atoms with Crippen LogP contribution in [0.3, 0.4) is 0 Å². The molecule has 0 fully saturated rings. The number of ether oxygens (including phenoxy) is 1. The molecule has 0 radical (unpaired) electrons. The molecule has 0 aliphatic carbocycles. The molecule has 0 amide bonds. The van der Waals surface area contributed by atoms with Crippen LogP contribution in [0.2, 0.25) is 5.02 Å². The molecule has 3 heteroatoms. The molecule has 0 saturated carbocycles. The largest absolute Gasteiger partial charge is 0.489 e. The van der Waals surface area contributed by atoms with E-state index in [0.717, 1.165) is 22.6 Å². The van der Waals surface area contributed by atoms with E-state index in [4.69, 9.17) is 16.3 Å². The molecule has 0 aliphatic heterocycles. The number of benzene rings is 2. The second-order valence-electron chi connectivity index (χ2n) is 4.33. The third-order valence-electron chi connectivity index (χ3n) is 2.79. The highest BCUT2D eigenvalue weighted by Crippen LogP contribution is 2.23. The van der Waals surface area contributed by atoms with E-state index in [0.29, 0.717) is 11.6 Å². The standard InChI is InChI=1S/C17H16ClNO/c1-3-10-20-17-9-8-15(18)11-14(17)12-19-16-7-5-4-6-13(16)2/h3-9,11-12H,1,10H2,2H3. The average Bonchev–Trinajstić information content (AvgIpc) is 2.45. The molecule has 102 valence electrons. The Morgan fingerprint density at radius 3 is 2.80 bits per heavy atom. The molecule has 0 unspecified atom stereocenters. The lowest BCUT2D eigenvalue weighted by molar-refractivity contribution is 0.363. The van der Waals surface area contributed by atoms with Crippen molar-refractivity contribution in [1.82, 2.24) is 0 Å². The Bertz CT molecular complexity index is 635. The van der Waals surface area contributed by atoms with E-state index in [2.05, 4.69) is 11.6 Å². The van der Waals surface area contributed by atoms with Crippen molar-refractivity contribution >= 4 is 23.5 Å². The summed E-state index contributed by atoms with van der Waals surface area (Å²) in [7, 11) is 0. The maximum absolute atomic E-state index is 6.03. The van der Waals surface area contributed by atoms with Crippen LogP contribution in [0.4, 0.5) is 5.69 Å². The number of aryl methyl sites for hydroxylation is 1. The number of hydrogen-bond acceptors (Lipinski definition) is 2. The van der Waals surface area contributed by atoms with Gasteiger partial charge in [0.15, 0.2) is 0 Å². The Balaban J connectivity index is 2.29. The molecule has 0 spiro atoms. The summed E-state index contributed by atoms with van der Waals surface area (Å²) in [5, 5.41) is 0.655. The lowest BCUT2D eigenvalue weighted by Gasteiger charge is -2.07. The second-order valence-corrected chi connectivity index (χ2v) is 4.76. The first kappa shape index (κ1) is 14.4. The van der Waals surface area contributed by atoms with Gasteiger partial charge >= 0.3 is 0 Å². The minimum Gasteiger partial charge on any atom is -0.489 e. The second kappa shape index (κ2) is 6.92. The topological polar surface area (TPSA) is 21.6 Å². The fourth-order valence-electron chi connectivity index (χ4n) is 1.75.